The first-order valence-corrected chi connectivity index (χ1v) is 9.92. The van der Waals surface area contributed by atoms with E-state index >= 15 is 0 Å². The molecule has 2 aliphatic heterocycles. The molecular formula is C19H36N2. The number of hydrogen-bond acceptors (Lipinski definition) is 2. The average Bonchev–Trinajstić information content (AvgIpc) is 2.80. The fourth-order valence-corrected chi connectivity index (χ4v) is 4.81. The van der Waals surface area contributed by atoms with Crippen LogP contribution in [-0.4, -0.2) is 36.1 Å². The molecule has 0 aromatic heterocycles. The number of rotatable bonds is 1. The molecule has 1 aliphatic carbocycles. The van der Waals surface area contributed by atoms with Gasteiger partial charge in [-0.05, 0) is 38.6 Å². The van der Waals surface area contributed by atoms with Crippen LogP contribution in [0.15, 0.2) is 0 Å². The largest absolute Gasteiger partial charge is 0.310 e. The molecular weight excluding hydrogens is 256 g/mol. The molecule has 2 heterocycles. The third-order valence-electron chi connectivity index (χ3n) is 6.15. The van der Waals surface area contributed by atoms with Crippen LogP contribution < -0.4 is 5.32 Å². The number of likely N-dealkylation sites (tertiary alicyclic amines) is 1. The van der Waals surface area contributed by atoms with E-state index in [4.69, 9.17) is 0 Å². The molecule has 2 nitrogen and oxygen atoms in total. The predicted molar refractivity (Wildman–Crippen MR) is 90.7 cm³/mol. The molecule has 2 unspecified atom stereocenters. The summed E-state index contributed by atoms with van der Waals surface area (Å²) in [6, 6.07) is 2.54. The van der Waals surface area contributed by atoms with E-state index in [2.05, 4.69) is 10.2 Å². The predicted octanol–water partition coefficient (Wildman–Crippen LogP) is 4.49. The third kappa shape index (κ3) is 4.96. The maximum atomic E-state index is 3.85. The minimum absolute atomic E-state index is 0.805. The number of fused-ring (bicyclic) bond motifs is 2. The van der Waals surface area contributed by atoms with Crippen LogP contribution in [0.25, 0.3) is 0 Å². The minimum atomic E-state index is 0.805. The maximum Gasteiger partial charge on any atom is 0.0198 e. The van der Waals surface area contributed by atoms with Gasteiger partial charge in [0, 0.05) is 24.7 Å². The zero-order valence-corrected chi connectivity index (χ0v) is 14.0. The summed E-state index contributed by atoms with van der Waals surface area (Å²) in [6.45, 7) is 2.69. The smallest absolute Gasteiger partial charge is 0.0198 e. The van der Waals surface area contributed by atoms with E-state index in [-0.39, 0.29) is 0 Å². The normalized spacial score (nSPS) is 34.9. The van der Waals surface area contributed by atoms with Crippen LogP contribution in [0.1, 0.15) is 89.9 Å². The Balaban J connectivity index is 1.52. The van der Waals surface area contributed by atoms with E-state index in [1.807, 2.05) is 0 Å². The van der Waals surface area contributed by atoms with E-state index in [1.54, 1.807) is 0 Å². The summed E-state index contributed by atoms with van der Waals surface area (Å²) in [6.07, 6.45) is 20.5. The fourth-order valence-electron chi connectivity index (χ4n) is 4.81. The highest BCUT2D eigenvalue weighted by Gasteiger charge is 2.31. The van der Waals surface area contributed by atoms with Crippen molar-refractivity contribution >= 4 is 0 Å². The van der Waals surface area contributed by atoms with Crippen molar-refractivity contribution in [1.29, 1.82) is 0 Å². The first-order chi connectivity index (χ1) is 10.4. The highest BCUT2D eigenvalue weighted by atomic mass is 15.2. The lowest BCUT2D eigenvalue weighted by atomic mass is 9.96. The minimum Gasteiger partial charge on any atom is -0.310 e. The van der Waals surface area contributed by atoms with E-state index < -0.39 is 0 Å². The molecule has 1 saturated carbocycles. The zero-order valence-electron chi connectivity index (χ0n) is 14.0. The molecule has 0 radical (unpaired) electrons. The molecule has 3 fully saturated rings. The first-order valence-electron chi connectivity index (χ1n) is 9.92. The molecule has 2 heteroatoms. The Bertz CT molecular complexity index is 279. The summed E-state index contributed by atoms with van der Waals surface area (Å²) in [5.41, 5.74) is 0. The van der Waals surface area contributed by atoms with E-state index in [0.29, 0.717) is 0 Å². The van der Waals surface area contributed by atoms with Crippen LogP contribution >= 0.6 is 0 Å². The molecule has 21 heavy (non-hydrogen) atoms. The lowest BCUT2D eigenvalue weighted by Crippen LogP contribution is -2.41. The molecule has 1 N–H and O–H groups in total. The molecule has 0 aromatic carbocycles. The van der Waals surface area contributed by atoms with Gasteiger partial charge in [-0.25, -0.2) is 0 Å². The average molecular weight is 293 g/mol. The molecule has 0 spiro atoms. The Kier molecular flexibility index (Phi) is 6.42. The maximum absolute atomic E-state index is 3.85. The summed E-state index contributed by atoms with van der Waals surface area (Å²) < 4.78 is 0. The van der Waals surface area contributed by atoms with Crippen LogP contribution in [0.2, 0.25) is 0 Å². The Morgan fingerprint density at radius 2 is 1.14 bits per heavy atom. The first kappa shape index (κ1) is 15.8. The van der Waals surface area contributed by atoms with Crippen molar-refractivity contribution in [2.24, 2.45) is 0 Å². The van der Waals surface area contributed by atoms with E-state index in [1.165, 1.54) is 103 Å². The number of nitrogens with one attached hydrogen (secondary N) is 1. The van der Waals surface area contributed by atoms with Crippen LogP contribution in [-0.2, 0) is 0 Å². The molecule has 3 aliphatic rings. The van der Waals surface area contributed by atoms with Crippen molar-refractivity contribution in [1.82, 2.24) is 10.2 Å². The van der Waals surface area contributed by atoms with Crippen molar-refractivity contribution < 1.29 is 0 Å². The molecule has 2 bridgehead atoms. The van der Waals surface area contributed by atoms with Gasteiger partial charge in [-0.3, -0.25) is 4.90 Å². The summed E-state index contributed by atoms with van der Waals surface area (Å²) >= 11 is 0. The van der Waals surface area contributed by atoms with Crippen molar-refractivity contribution in [2.75, 3.05) is 13.1 Å². The molecule has 2 saturated heterocycles. The van der Waals surface area contributed by atoms with Gasteiger partial charge in [0.1, 0.15) is 0 Å². The van der Waals surface area contributed by atoms with Gasteiger partial charge in [0.25, 0.3) is 0 Å². The van der Waals surface area contributed by atoms with Crippen LogP contribution in [0.5, 0.6) is 0 Å². The Morgan fingerprint density at radius 1 is 0.571 bits per heavy atom. The molecule has 0 amide bonds. The zero-order chi connectivity index (χ0) is 14.3. The van der Waals surface area contributed by atoms with Gasteiger partial charge in [-0.2, -0.15) is 0 Å². The van der Waals surface area contributed by atoms with Crippen molar-refractivity contribution in [3.8, 4) is 0 Å². The van der Waals surface area contributed by atoms with Crippen molar-refractivity contribution in [3.05, 3.63) is 0 Å². The molecule has 2 atom stereocenters. The van der Waals surface area contributed by atoms with Crippen molar-refractivity contribution in [3.63, 3.8) is 0 Å². The summed E-state index contributed by atoms with van der Waals surface area (Å²) in [5, 5.41) is 3.85. The third-order valence-corrected chi connectivity index (χ3v) is 6.15. The lowest BCUT2D eigenvalue weighted by molar-refractivity contribution is 0.162. The van der Waals surface area contributed by atoms with Gasteiger partial charge in [-0.15, -0.1) is 0 Å². The monoisotopic (exact) mass is 292 g/mol. The molecule has 3 rings (SSSR count). The number of hydrogen-bond donors (Lipinski definition) is 1. The van der Waals surface area contributed by atoms with Gasteiger partial charge in [-0.1, -0.05) is 57.8 Å². The van der Waals surface area contributed by atoms with Gasteiger partial charge in [0.15, 0.2) is 0 Å². The highest BCUT2D eigenvalue weighted by Crippen LogP contribution is 2.26. The van der Waals surface area contributed by atoms with E-state index in [9.17, 15) is 0 Å². The van der Waals surface area contributed by atoms with Gasteiger partial charge < -0.3 is 5.32 Å². The Hall–Kier alpha value is -0.0800. The lowest BCUT2D eigenvalue weighted by Gasteiger charge is -2.33. The van der Waals surface area contributed by atoms with Crippen LogP contribution in [0, 0.1) is 0 Å². The second kappa shape index (κ2) is 8.53. The highest BCUT2D eigenvalue weighted by molar-refractivity contribution is 4.91. The van der Waals surface area contributed by atoms with Gasteiger partial charge in [0.2, 0.25) is 0 Å². The molecule has 122 valence electrons. The topological polar surface area (TPSA) is 15.3 Å². The van der Waals surface area contributed by atoms with Gasteiger partial charge >= 0.3 is 0 Å². The molecule has 0 aromatic rings. The second-order valence-corrected chi connectivity index (χ2v) is 7.83. The van der Waals surface area contributed by atoms with Gasteiger partial charge in [0.05, 0.1) is 0 Å². The quantitative estimate of drug-likeness (QED) is 0.766. The van der Waals surface area contributed by atoms with Crippen LogP contribution in [0.3, 0.4) is 0 Å². The summed E-state index contributed by atoms with van der Waals surface area (Å²) in [7, 11) is 0. The SMILES string of the molecule is C1CCCCCC(N2CCC3CCC(C2)N3)CCCCC1. The van der Waals surface area contributed by atoms with E-state index in [0.717, 1.165) is 18.1 Å². The Morgan fingerprint density at radius 3 is 1.81 bits per heavy atom. The Labute approximate surface area is 132 Å². The fraction of sp³-hybridized carbons (Fsp3) is 1.00. The summed E-state index contributed by atoms with van der Waals surface area (Å²) in [4.78, 5) is 2.88. The van der Waals surface area contributed by atoms with Crippen molar-refractivity contribution in [2.45, 2.75) is 108 Å². The number of nitrogens with zero attached hydrogens (tertiary/aromatic N) is 1. The van der Waals surface area contributed by atoms with Crippen LogP contribution in [0.4, 0.5) is 0 Å². The standard InChI is InChI=1S/C19H36N2/c1-2-4-6-8-10-19(11-9-7-5-3-1)21-15-14-17-12-13-18(16-21)20-17/h17-20H,1-16H2. The second-order valence-electron chi connectivity index (χ2n) is 7.83. The summed E-state index contributed by atoms with van der Waals surface area (Å²) in [5.74, 6) is 0.